The molecule has 0 radical (unpaired) electrons. The highest BCUT2D eigenvalue weighted by atomic mass is 35.5. The van der Waals surface area contributed by atoms with Gasteiger partial charge in [-0.25, -0.2) is 0 Å². The van der Waals surface area contributed by atoms with Crippen molar-refractivity contribution in [2.24, 2.45) is 5.73 Å². The largest absolute Gasteiger partial charge is 0.492 e. The maximum Gasteiger partial charge on any atom is 0.137 e. The highest BCUT2D eigenvalue weighted by Gasteiger charge is 2.05. The second-order valence-corrected chi connectivity index (χ2v) is 4.87. The minimum atomic E-state index is -0.00421. The molecule has 1 atom stereocenters. The van der Waals surface area contributed by atoms with Gasteiger partial charge in [-0.05, 0) is 50.3 Å². The van der Waals surface area contributed by atoms with Crippen molar-refractivity contribution in [3.8, 4) is 5.75 Å². The number of unbranched alkanes of at least 4 members (excludes halogenated alkanes) is 3. The molecule has 0 spiro atoms. The van der Waals surface area contributed by atoms with E-state index in [1.165, 1.54) is 6.42 Å². The van der Waals surface area contributed by atoms with Crippen molar-refractivity contribution in [3.63, 3.8) is 0 Å². The SMILES string of the molecule is C=CCCCCCOc1ccc(C(C)N)cc1Cl. The van der Waals surface area contributed by atoms with E-state index in [1.54, 1.807) is 0 Å². The van der Waals surface area contributed by atoms with Crippen molar-refractivity contribution in [3.05, 3.63) is 41.4 Å². The molecule has 0 bridgehead atoms. The standard InChI is InChI=1S/C15H22ClNO/c1-3-4-5-6-7-10-18-15-9-8-13(12(2)17)11-14(15)16/h3,8-9,11-12H,1,4-7,10,17H2,2H3. The predicted molar refractivity (Wildman–Crippen MR) is 78.2 cm³/mol. The fraction of sp³-hybridized carbons (Fsp3) is 0.467. The Bertz CT molecular complexity index is 377. The van der Waals surface area contributed by atoms with Gasteiger partial charge >= 0.3 is 0 Å². The average molecular weight is 268 g/mol. The Labute approximate surface area is 115 Å². The molecule has 2 N–H and O–H groups in total. The van der Waals surface area contributed by atoms with Crippen LogP contribution in [0.5, 0.6) is 5.75 Å². The summed E-state index contributed by atoms with van der Waals surface area (Å²) < 4.78 is 5.65. The summed E-state index contributed by atoms with van der Waals surface area (Å²) in [5.41, 5.74) is 6.82. The summed E-state index contributed by atoms with van der Waals surface area (Å²) in [6.07, 6.45) is 6.39. The van der Waals surface area contributed by atoms with Crippen molar-refractivity contribution in [1.29, 1.82) is 0 Å². The quantitative estimate of drug-likeness (QED) is 0.557. The summed E-state index contributed by atoms with van der Waals surface area (Å²) in [4.78, 5) is 0. The molecule has 1 aromatic rings. The molecule has 0 saturated carbocycles. The van der Waals surface area contributed by atoms with E-state index in [0.717, 1.165) is 30.6 Å². The molecule has 1 unspecified atom stereocenters. The summed E-state index contributed by atoms with van der Waals surface area (Å²) in [7, 11) is 0. The predicted octanol–water partition coefficient (Wildman–Crippen LogP) is 4.48. The Morgan fingerprint density at radius 2 is 2.17 bits per heavy atom. The third-order valence-electron chi connectivity index (χ3n) is 2.79. The van der Waals surface area contributed by atoms with E-state index in [9.17, 15) is 0 Å². The van der Waals surface area contributed by atoms with Crippen LogP contribution in [0.25, 0.3) is 0 Å². The van der Waals surface area contributed by atoms with Crippen LogP contribution in [0.4, 0.5) is 0 Å². The molecule has 0 heterocycles. The number of ether oxygens (including phenoxy) is 1. The highest BCUT2D eigenvalue weighted by Crippen LogP contribution is 2.27. The van der Waals surface area contributed by atoms with Gasteiger partial charge in [0.1, 0.15) is 5.75 Å². The van der Waals surface area contributed by atoms with E-state index in [-0.39, 0.29) is 6.04 Å². The number of rotatable bonds is 8. The van der Waals surface area contributed by atoms with Crippen LogP contribution in [-0.2, 0) is 0 Å². The zero-order chi connectivity index (χ0) is 13.4. The minimum absolute atomic E-state index is 0.00421. The van der Waals surface area contributed by atoms with Crippen LogP contribution < -0.4 is 10.5 Å². The first-order valence-corrected chi connectivity index (χ1v) is 6.81. The van der Waals surface area contributed by atoms with Crippen LogP contribution in [-0.4, -0.2) is 6.61 Å². The third kappa shape index (κ3) is 5.11. The van der Waals surface area contributed by atoms with Gasteiger partial charge in [0.25, 0.3) is 0 Å². The van der Waals surface area contributed by atoms with Crippen LogP contribution in [0.2, 0.25) is 5.02 Å². The summed E-state index contributed by atoms with van der Waals surface area (Å²) >= 11 is 6.14. The van der Waals surface area contributed by atoms with E-state index in [4.69, 9.17) is 22.1 Å². The summed E-state index contributed by atoms with van der Waals surface area (Å²) in [6.45, 7) is 6.34. The van der Waals surface area contributed by atoms with Crippen LogP contribution in [0.15, 0.2) is 30.9 Å². The second-order valence-electron chi connectivity index (χ2n) is 4.47. The molecule has 0 aromatic heterocycles. The second kappa shape index (κ2) is 8.17. The zero-order valence-corrected chi connectivity index (χ0v) is 11.7. The Balaban J connectivity index is 2.36. The van der Waals surface area contributed by atoms with Gasteiger partial charge in [0.05, 0.1) is 11.6 Å². The average Bonchev–Trinajstić information content (AvgIpc) is 2.35. The molecule has 0 aliphatic heterocycles. The van der Waals surface area contributed by atoms with Gasteiger partial charge in [-0.3, -0.25) is 0 Å². The monoisotopic (exact) mass is 267 g/mol. The van der Waals surface area contributed by atoms with E-state index < -0.39 is 0 Å². The fourth-order valence-electron chi connectivity index (χ4n) is 1.67. The Kier molecular flexibility index (Phi) is 6.84. The fourth-order valence-corrected chi connectivity index (χ4v) is 1.91. The lowest BCUT2D eigenvalue weighted by Gasteiger charge is -2.11. The van der Waals surface area contributed by atoms with Gasteiger partial charge < -0.3 is 10.5 Å². The zero-order valence-electron chi connectivity index (χ0n) is 11.0. The van der Waals surface area contributed by atoms with Crippen molar-refractivity contribution in [1.82, 2.24) is 0 Å². The number of halogens is 1. The van der Waals surface area contributed by atoms with Gasteiger partial charge in [0, 0.05) is 6.04 Å². The lowest BCUT2D eigenvalue weighted by molar-refractivity contribution is 0.305. The summed E-state index contributed by atoms with van der Waals surface area (Å²) in [5, 5.41) is 0.635. The molecule has 1 rings (SSSR count). The molecule has 1 aromatic carbocycles. The van der Waals surface area contributed by atoms with E-state index in [1.807, 2.05) is 31.2 Å². The first-order chi connectivity index (χ1) is 8.65. The molecule has 0 aliphatic carbocycles. The Morgan fingerprint density at radius 3 is 2.78 bits per heavy atom. The Morgan fingerprint density at radius 1 is 1.39 bits per heavy atom. The molecule has 0 aliphatic rings. The number of nitrogens with two attached hydrogens (primary N) is 1. The maximum absolute atomic E-state index is 6.14. The number of hydrogen-bond acceptors (Lipinski definition) is 2. The number of benzene rings is 1. The lowest BCUT2D eigenvalue weighted by atomic mass is 10.1. The van der Waals surface area contributed by atoms with Crippen molar-refractivity contribution >= 4 is 11.6 Å². The van der Waals surface area contributed by atoms with Gasteiger partial charge in [0.15, 0.2) is 0 Å². The molecule has 0 fully saturated rings. The first kappa shape index (κ1) is 15.1. The third-order valence-corrected chi connectivity index (χ3v) is 3.09. The molecule has 100 valence electrons. The van der Waals surface area contributed by atoms with Gasteiger partial charge in [-0.2, -0.15) is 0 Å². The van der Waals surface area contributed by atoms with Gasteiger partial charge in [0.2, 0.25) is 0 Å². The summed E-state index contributed by atoms with van der Waals surface area (Å²) in [5.74, 6) is 0.741. The number of hydrogen-bond donors (Lipinski definition) is 1. The minimum Gasteiger partial charge on any atom is -0.492 e. The van der Waals surface area contributed by atoms with Crippen LogP contribution in [0.3, 0.4) is 0 Å². The van der Waals surface area contributed by atoms with E-state index in [0.29, 0.717) is 11.6 Å². The lowest BCUT2D eigenvalue weighted by Crippen LogP contribution is -2.05. The molecule has 2 nitrogen and oxygen atoms in total. The van der Waals surface area contributed by atoms with Crippen molar-refractivity contribution in [2.45, 2.75) is 38.6 Å². The Hall–Kier alpha value is -0.990. The topological polar surface area (TPSA) is 35.2 Å². The van der Waals surface area contributed by atoms with Gasteiger partial charge in [-0.1, -0.05) is 23.7 Å². The first-order valence-electron chi connectivity index (χ1n) is 6.44. The van der Waals surface area contributed by atoms with Crippen LogP contribution in [0, 0.1) is 0 Å². The molecular weight excluding hydrogens is 246 g/mol. The van der Waals surface area contributed by atoms with Crippen molar-refractivity contribution < 1.29 is 4.74 Å². The molecule has 0 amide bonds. The molecule has 3 heteroatoms. The van der Waals surface area contributed by atoms with E-state index in [2.05, 4.69) is 6.58 Å². The molecule has 18 heavy (non-hydrogen) atoms. The normalized spacial score (nSPS) is 12.2. The smallest absolute Gasteiger partial charge is 0.137 e. The maximum atomic E-state index is 6.14. The van der Waals surface area contributed by atoms with Crippen LogP contribution in [0.1, 0.15) is 44.2 Å². The number of allylic oxidation sites excluding steroid dienone is 1. The van der Waals surface area contributed by atoms with Crippen molar-refractivity contribution in [2.75, 3.05) is 6.61 Å². The molecule has 0 saturated heterocycles. The summed E-state index contributed by atoms with van der Waals surface area (Å²) in [6, 6.07) is 5.73. The highest BCUT2D eigenvalue weighted by molar-refractivity contribution is 6.32. The molecular formula is C15H22ClNO. The van der Waals surface area contributed by atoms with Crippen LogP contribution >= 0.6 is 11.6 Å². The van der Waals surface area contributed by atoms with Gasteiger partial charge in [-0.15, -0.1) is 6.58 Å². The van der Waals surface area contributed by atoms with E-state index >= 15 is 0 Å².